The average Bonchev–Trinajstić information content (AvgIpc) is 3.18. The molecule has 6 unspecified atom stereocenters. The topological polar surface area (TPSA) is 178 Å². The molecule has 330 valence electrons. The molecule has 0 saturated carbocycles. The largest absolute Gasteiger partial charge is 0.457 e. The Balaban J connectivity index is 2.48. The van der Waals surface area contributed by atoms with Crippen molar-refractivity contribution in [2.75, 3.05) is 26.4 Å². The van der Waals surface area contributed by atoms with E-state index in [4.69, 9.17) is 23.5 Å². The van der Waals surface area contributed by atoms with E-state index in [1.807, 2.05) is 0 Å². The summed E-state index contributed by atoms with van der Waals surface area (Å²) >= 11 is 0. The Morgan fingerprint density at radius 2 is 1.21 bits per heavy atom. The standard InChI is InChI=1S/C44H76O12S/c1-3-5-7-9-11-13-15-17-19-20-22-24-26-28-30-32-34-52-36-38(37-53-44-42(48)43(56-57(49,50)51)41(47)39(35-45)55-44)54-40(46)33-31-29-27-25-23-21-18-16-14-12-10-8-6-4-2/h5,7,10-13,16-19,38-39,41-45,47-48H,3-4,6,8-9,14-15,20-37H2,1-2H3,(H,49,50,51)/b7-5-,12-10-,13-11-,18-16-,19-17-. The number of ether oxygens (including phenoxy) is 4. The fourth-order valence-corrected chi connectivity index (χ4v) is 6.62. The molecule has 0 aromatic carbocycles. The van der Waals surface area contributed by atoms with Gasteiger partial charge in [-0.3, -0.25) is 9.35 Å². The summed E-state index contributed by atoms with van der Waals surface area (Å²) in [6, 6.07) is 0. The Labute approximate surface area is 344 Å². The lowest BCUT2D eigenvalue weighted by Crippen LogP contribution is -2.60. The number of hydrogen-bond donors (Lipinski definition) is 4. The number of unbranched alkanes of at least 4 members (excludes halogenated alkanes) is 13. The average molecular weight is 829 g/mol. The summed E-state index contributed by atoms with van der Waals surface area (Å²) in [5.74, 6) is -0.422. The second-order valence-corrected chi connectivity index (χ2v) is 15.6. The van der Waals surface area contributed by atoms with E-state index in [0.717, 1.165) is 103 Å². The highest BCUT2D eigenvalue weighted by Gasteiger charge is 2.48. The maximum Gasteiger partial charge on any atom is 0.397 e. The number of allylic oxidation sites excluding steroid dienone is 10. The number of aliphatic hydroxyl groups is 3. The lowest BCUT2D eigenvalue weighted by Gasteiger charge is -2.41. The molecule has 0 spiro atoms. The molecular formula is C44H76O12S. The fourth-order valence-electron chi connectivity index (χ4n) is 6.11. The molecule has 4 N–H and O–H groups in total. The zero-order valence-electron chi connectivity index (χ0n) is 34.9. The molecule has 13 heteroatoms. The molecule has 1 saturated heterocycles. The van der Waals surface area contributed by atoms with E-state index < -0.39 is 59.8 Å². The van der Waals surface area contributed by atoms with Gasteiger partial charge in [0.05, 0.1) is 19.8 Å². The van der Waals surface area contributed by atoms with Gasteiger partial charge in [-0.25, -0.2) is 4.18 Å². The van der Waals surface area contributed by atoms with Crippen molar-refractivity contribution < 1.29 is 56.2 Å². The van der Waals surface area contributed by atoms with Gasteiger partial charge >= 0.3 is 16.4 Å². The van der Waals surface area contributed by atoms with Crippen molar-refractivity contribution in [2.24, 2.45) is 0 Å². The summed E-state index contributed by atoms with van der Waals surface area (Å²) in [4.78, 5) is 12.8. The quantitative estimate of drug-likeness (QED) is 0.0205. The first-order valence-corrected chi connectivity index (χ1v) is 22.9. The molecule has 57 heavy (non-hydrogen) atoms. The molecule has 0 aliphatic carbocycles. The van der Waals surface area contributed by atoms with Crippen LogP contribution in [0.5, 0.6) is 0 Å². The zero-order valence-corrected chi connectivity index (χ0v) is 35.7. The summed E-state index contributed by atoms with van der Waals surface area (Å²) in [5.41, 5.74) is 0. The molecule has 1 rings (SSSR count). The number of carbonyl (C=O) groups excluding carboxylic acids is 1. The van der Waals surface area contributed by atoms with Crippen LogP contribution in [0.15, 0.2) is 60.8 Å². The van der Waals surface area contributed by atoms with Gasteiger partial charge < -0.3 is 34.3 Å². The summed E-state index contributed by atoms with van der Waals surface area (Å²) in [6.45, 7) is 3.77. The lowest BCUT2D eigenvalue weighted by molar-refractivity contribution is -0.301. The van der Waals surface area contributed by atoms with Gasteiger partial charge in [0.25, 0.3) is 0 Å². The summed E-state index contributed by atoms with van der Waals surface area (Å²) in [7, 11) is -5.07. The highest BCUT2D eigenvalue weighted by Crippen LogP contribution is 2.26. The maximum atomic E-state index is 12.8. The highest BCUT2D eigenvalue weighted by atomic mass is 32.3. The molecule has 1 fully saturated rings. The first-order valence-electron chi connectivity index (χ1n) is 21.5. The van der Waals surface area contributed by atoms with Crippen molar-refractivity contribution in [1.29, 1.82) is 0 Å². The molecular weight excluding hydrogens is 753 g/mol. The van der Waals surface area contributed by atoms with Gasteiger partial charge in [0.1, 0.15) is 30.5 Å². The molecule has 0 amide bonds. The monoisotopic (exact) mass is 829 g/mol. The van der Waals surface area contributed by atoms with Crippen LogP contribution >= 0.6 is 0 Å². The fraction of sp³-hybridized carbons (Fsp3) is 0.750. The van der Waals surface area contributed by atoms with Crippen LogP contribution in [0, 0.1) is 0 Å². The van der Waals surface area contributed by atoms with E-state index in [0.29, 0.717) is 13.0 Å². The van der Waals surface area contributed by atoms with Crippen LogP contribution in [-0.4, -0.2) is 97.5 Å². The van der Waals surface area contributed by atoms with Gasteiger partial charge in [-0.1, -0.05) is 132 Å². The Bertz CT molecular complexity index is 1230. The van der Waals surface area contributed by atoms with Crippen molar-refractivity contribution >= 4 is 16.4 Å². The summed E-state index contributed by atoms with van der Waals surface area (Å²) in [6.07, 6.45) is 33.9. The second-order valence-electron chi connectivity index (χ2n) is 14.5. The third-order valence-electron chi connectivity index (χ3n) is 9.37. The Morgan fingerprint density at radius 3 is 1.77 bits per heavy atom. The minimum absolute atomic E-state index is 0.0184. The van der Waals surface area contributed by atoms with E-state index >= 15 is 0 Å². The number of carbonyl (C=O) groups is 1. The smallest absolute Gasteiger partial charge is 0.397 e. The minimum atomic E-state index is -5.07. The Hall–Kier alpha value is -2.20. The van der Waals surface area contributed by atoms with Crippen molar-refractivity contribution in [3.8, 4) is 0 Å². The van der Waals surface area contributed by atoms with Gasteiger partial charge in [-0.05, 0) is 70.6 Å². The van der Waals surface area contributed by atoms with Crippen LogP contribution in [-0.2, 0) is 38.3 Å². The van der Waals surface area contributed by atoms with Crippen LogP contribution in [0.3, 0.4) is 0 Å². The molecule has 0 aromatic heterocycles. The maximum absolute atomic E-state index is 12.8. The van der Waals surface area contributed by atoms with Gasteiger partial charge in [-0.15, -0.1) is 0 Å². The second kappa shape index (κ2) is 35.7. The van der Waals surface area contributed by atoms with E-state index in [9.17, 15) is 28.5 Å². The first-order chi connectivity index (χ1) is 27.6. The molecule has 0 bridgehead atoms. The molecule has 0 radical (unpaired) electrons. The SMILES string of the molecule is CC/C=C\C/C=C\C/C=C\CCCCCCCCOCC(COC1OC(CO)C(O)C(OS(=O)(=O)O)C1O)OC(=O)CCCCCCC/C=C\C/C=C\CCCC. The van der Waals surface area contributed by atoms with E-state index in [2.05, 4.69) is 78.8 Å². The lowest BCUT2D eigenvalue weighted by atomic mass is 9.99. The van der Waals surface area contributed by atoms with Gasteiger partial charge in [-0.2, -0.15) is 8.42 Å². The van der Waals surface area contributed by atoms with E-state index in [-0.39, 0.29) is 19.6 Å². The van der Waals surface area contributed by atoms with Crippen LogP contribution in [0.2, 0.25) is 0 Å². The molecule has 6 atom stereocenters. The number of rotatable bonds is 36. The molecule has 12 nitrogen and oxygen atoms in total. The van der Waals surface area contributed by atoms with Crippen molar-refractivity contribution in [1.82, 2.24) is 0 Å². The van der Waals surface area contributed by atoms with Crippen molar-refractivity contribution in [2.45, 2.75) is 185 Å². The number of hydrogen-bond acceptors (Lipinski definition) is 11. The third kappa shape index (κ3) is 29.6. The number of esters is 1. The predicted molar refractivity (Wildman–Crippen MR) is 225 cm³/mol. The molecule has 1 aliphatic heterocycles. The summed E-state index contributed by atoms with van der Waals surface area (Å²) < 4.78 is 58.9. The van der Waals surface area contributed by atoms with Crippen LogP contribution in [0.1, 0.15) is 149 Å². The normalized spacial score (nSPS) is 21.3. The van der Waals surface area contributed by atoms with Gasteiger partial charge in [0.15, 0.2) is 6.29 Å². The minimum Gasteiger partial charge on any atom is -0.457 e. The van der Waals surface area contributed by atoms with E-state index in [1.165, 1.54) is 19.3 Å². The molecule has 0 aromatic rings. The zero-order chi connectivity index (χ0) is 41.8. The number of aliphatic hydroxyl groups excluding tert-OH is 3. The first kappa shape index (κ1) is 52.8. The summed E-state index contributed by atoms with van der Waals surface area (Å²) in [5, 5.41) is 30.6. The van der Waals surface area contributed by atoms with Gasteiger partial charge in [0.2, 0.25) is 0 Å². The highest BCUT2D eigenvalue weighted by molar-refractivity contribution is 7.80. The van der Waals surface area contributed by atoms with Gasteiger partial charge in [0, 0.05) is 13.0 Å². The third-order valence-corrected chi connectivity index (χ3v) is 9.84. The van der Waals surface area contributed by atoms with Crippen LogP contribution < -0.4 is 0 Å². The van der Waals surface area contributed by atoms with Crippen LogP contribution in [0.4, 0.5) is 0 Å². The Morgan fingerprint density at radius 1 is 0.684 bits per heavy atom. The van der Waals surface area contributed by atoms with Crippen LogP contribution in [0.25, 0.3) is 0 Å². The Kier molecular flexibility index (Phi) is 33.1. The predicted octanol–water partition coefficient (Wildman–Crippen LogP) is 8.57. The van der Waals surface area contributed by atoms with E-state index in [1.54, 1.807) is 0 Å². The molecule has 1 heterocycles. The van der Waals surface area contributed by atoms with Crippen molar-refractivity contribution in [3.63, 3.8) is 0 Å². The molecule has 1 aliphatic rings. The van der Waals surface area contributed by atoms with Crippen molar-refractivity contribution in [3.05, 3.63) is 60.8 Å².